The van der Waals surface area contributed by atoms with Crippen LogP contribution in [-0.2, 0) is 46.4 Å². The zero-order chi connectivity index (χ0) is 40.5. The summed E-state index contributed by atoms with van der Waals surface area (Å²) in [6.07, 6.45) is 2.74. The smallest absolute Gasteiger partial charge is 0.246 e. The van der Waals surface area contributed by atoms with Crippen LogP contribution in [0.25, 0.3) is 10.9 Å². The second-order valence-corrected chi connectivity index (χ2v) is 14.0. The molecule has 2 aliphatic heterocycles. The molecule has 3 aromatic rings. The van der Waals surface area contributed by atoms with E-state index in [-0.39, 0.29) is 31.6 Å². The lowest BCUT2D eigenvalue weighted by Crippen LogP contribution is -2.60. The molecular weight excluding hydrogens is 726 g/mol. The topological polar surface area (TPSA) is 291 Å². The van der Waals surface area contributed by atoms with E-state index < -0.39 is 90.6 Å². The van der Waals surface area contributed by atoms with Gasteiger partial charge in [0.15, 0.2) is 0 Å². The third kappa shape index (κ3) is 10.3. The summed E-state index contributed by atoms with van der Waals surface area (Å²) in [5.74, 6) is -5.43. The van der Waals surface area contributed by atoms with E-state index in [1.54, 1.807) is 31.3 Å². The van der Waals surface area contributed by atoms with Crippen LogP contribution in [-0.4, -0.2) is 117 Å². The molecular formula is C38H47N9O9. The molecule has 2 aliphatic rings. The fourth-order valence-corrected chi connectivity index (χ4v) is 6.93. The van der Waals surface area contributed by atoms with Gasteiger partial charge in [-0.15, -0.1) is 0 Å². The number of amides is 7. The van der Waals surface area contributed by atoms with Gasteiger partial charge in [-0.2, -0.15) is 0 Å². The van der Waals surface area contributed by atoms with Gasteiger partial charge in [0.25, 0.3) is 0 Å². The molecule has 2 aromatic carbocycles. The Hall–Kier alpha value is -6.30. The molecule has 0 radical (unpaired) electrons. The van der Waals surface area contributed by atoms with Crippen LogP contribution in [0, 0.1) is 0 Å². The first kappa shape index (κ1) is 40.9. The van der Waals surface area contributed by atoms with Gasteiger partial charge in [-0.3, -0.25) is 38.6 Å². The van der Waals surface area contributed by atoms with Crippen LogP contribution in [0.1, 0.15) is 50.2 Å². The quantitative estimate of drug-likeness (QED) is 0.0776. The number of primary amides is 2. The third-order valence-corrected chi connectivity index (χ3v) is 9.90. The van der Waals surface area contributed by atoms with Crippen molar-refractivity contribution in [2.45, 2.75) is 88.1 Å². The molecule has 0 aliphatic carbocycles. The second kappa shape index (κ2) is 18.4. The summed E-state index contributed by atoms with van der Waals surface area (Å²) in [4.78, 5) is 101. The number of aromatic nitrogens is 1. The number of phenols is 1. The van der Waals surface area contributed by atoms with E-state index >= 15 is 0 Å². The van der Waals surface area contributed by atoms with Crippen molar-refractivity contribution in [2.75, 3.05) is 13.2 Å². The largest absolute Gasteiger partial charge is 0.508 e. The van der Waals surface area contributed by atoms with Gasteiger partial charge in [-0.05, 0) is 61.9 Å². The molecule has 7 amide bonds. The lowest BCUT2D eigenvalue weighted by molar-refractivity contribution is -0.143. The number of aliphatic hydroxyl groups is 1. The summed E-state index contributed by atoms with van der Waals surface area (Å²) in [6.45, 7) is 1.04. The molecule has 6 atom stereocenters. The van der Waals surface area contributed by atoms with Crippen molar-refractivity contribution >= 4 is 58.0 Å². The highest BCUT2D eigenvalue weighted by atomic mass is 16.3. The van der Waals surface area contributed by atoms with Gasteiger partial charge in [0.2, 0.25) is 41.4 Å². The number of aliphatic imine (C=N–C) groups is 1. The Labute approximate surface area is 321 Å². The minimum atomic E-state index is -1.57. The SMILES string of the molecule is CC1=NC(C(=O)NC(CC(N)=O)C(=O)N2CCCC2C(=O)NC(Cc2c[nH]c3ccccc23)C(=O)NC(CO)C(=O)NC(Cc2ccc(O)cc2)C(N)=O)CC1. The highest BCUT2D eigenvalue weighted by Crippen LogP contribution is 2.23. The Kier molecular flexibility index (Phi) is 13.4. The maximum absolute atomic E-state index is 14.0. The van der Waals surface area contributed by atoms with Crippen molar-refractivity contribution in [1.82, 2.24) is 31.2 Å². The first-order chi connectivity index (χ1) is 26.7. The monoisotopic (exact) mass is 773 g/mol. The summed E-state index contributed by atoms with van der Waals surface area (Å²) in [5.41, 5.74) is 13.7. The number of hydrogen-bond acceptors (Lipinski definition) is 10. The van der Waals surface area contributed by atoms with Crippen molar-refractivity contribution in [3.05, 3.63) is 65.9 Å². The van der Waals surface area contributed by atoms with Crippen LogP contribution in [0.15, 0.2) is 59.7 Å². The molecule has 0 spiro atoms. The fraction of sp³-hybridized carbons (Fsp3) is 0.421. The third-order valence-electron chi connectivity index (χ3n) is 9.90. The lowest BCUT2D eigenvalue weighted by atomic mass is 10.0. The molecule has 11 N–H and O–H groups in total. The summed E-state index contributed by atoms with van der Waals surface area (Å²) >= 11 is 0. The number of aromatic hydroxyl groups is 1. The van der Waals surface area contributed by atoms with Crippen LogP contribution < -0.4 is 32.7 Å². The number of H-pyrrole nitrogens is 1. The zero-order valence-corrected chi connectivity index (χ0v) is 30.8. The molecule has 298 valence electrons. The van der Waals surface area contributed by atoms with Crippen LogP contribution in [0.3, 0.4) is 0 Å². The predicted molar refractivity (Wildman–Crippen MR) is 202 cm³/mol. The van der Waals surface area contributed by atoms with E-state index in [1.807, 2.05) is 18.2 Å². The zero-order valence-electron chi connectivity index (χ0n) is 30.8. The Bertz CT molecular complexity index is 2000. The van der Waals surface area contributed by atoms with E-state index in [2.05, 4.69) is 31.2 Å². The number of nitrogens with two attached hydrogens (primary N) is 2. The summed E-state index contributed by atoms with van der Waals surface area (Å²) < 4.78 is 0. The van der Waals surface area contributed by atoms with E-state index in [1.165, 1.54) is 17.0 Å². The number of phenolic OH excluding ortho intramolecular Hbond substituents is 1. The molecule has 1 saturated heterocycles. The molecule has 56 heavy (non-hydrogen) atoms. The Morgan fingerprint density at radius 1 is 0.857 bits per heavy atom. The van der Waals surface area contributed by atoms with Gasteiger partial charge in [-0.1, -0.05) is 30.3 Å². The number of nitrogens with zero attached hydrogens (tertiary/aromatic N) is 2. The highest BCUT2D eigenvalue weighted by molar-refractivity contribution is 5.99. The van der Waals surface area contributed by atoms with Gasteiger partial charge in [0.05, 0.1) is 13.0 Å². The number of hydrogen-bond donors (Lipinski definition) is 9. The fourth-order valence-electron chi connectivity index (χ4n) is 6.93. The molecule has 18 nitrogen and oxygen atoms in total. The predicted octanol–water partition coefficient (Wildman–Crippen LogP) is -1.43. The molecule has 1 aromatic heterocycles. The summed E-state index contributed by atoms with van der Waals surface area (Å²) in [7, 11) is 0. The molecule has 6 unspecified atom stereocenters. The normalized spacial score (nSPS) is 18.6. The number of benzene rings is 2. The van der Waals surface area contributed by atoms with Crippen LogP contribution in [0.4, 0.5) is 0 Å². The number of rotatable bonds is 17. The Balaban J connectivity index is 1.33. The van der Waals surface area contributed by atoms with E-state index in [4.69, 9.17) is 11.5 Å². The summed E-state index contributed by atoms with van der Waals surface area (Å²) in [5, 5.41) is 30.7. The van der Waals surface area contributed by atoms with Gasteiger partial charge >= 0.3 is 0 Å². The first-order valence-electron chi connectivity index (χ1n) is 18.3. The van der Waals surface area contributed by atoms with E-state index in [9.17, 15) is 43.8 Å². The number of carbonyl (C=O) groups excluding carboxylic acids is 7. The number of likely N-dealkylation sites (tertiary alicyclic amines) is 1. The number of carbonyl (C=O) groups is 7. The maximum atomic E-state index is 14.0. The van der Waals surface area contributed by atoms with Crippen LogP contribution >= 0.6 is 0 Å². The minimum Gasteiger partial charge on any atom is -0.508 e. The molecule has 5 rings (SSSR count). The number of nitrogens with one attached hydrogen (secondary N) is 5. The maximum Gasteiger partial charge on any atom is 0.246 e. The number of para-hydroxylation sites is 1. The number of aliphatic hydroxyl groups excluding tert-OH is 1. The lowest BCUT2D eigenvalue weighted by Gasteiger charge is -2.30. The van der Waals surface area contributed by atoms with E-state index in [0.717, 1.165) is 16.6 Å². The molecule has 3 heterocycles. The number of fused-ring (bicyclic) bond motifs is 1. The van der Waals surface area contributed by atoms with Crippen molar-refractivity contribution in [3.8, 4) is 5.75 Å². The first-order valence-corrected chi connectivity index (χ1v) is 18.3. The minimum absolute atomic E-state index is 0.000924. The Morgan fingerprint density at radius 3 is 2.20 bits per heavy atom. The second-order valence-electron chi connectivity index (χ2n) is 14.0. The average Bonchev–Trinajstić information content (AvgIpc) is 3.93. The number of aromatic amines is 1. The van der Waals surface area contributed by atoms with Crippen molar-refractivity contribution in [3.63, 3.8) is 0 Å². The van der Waals surface area contributed by atoms with Crippen molar-refractivity contribution in [1.29, 1.82) is 0 Å². The Morgan fingerprint density at radius 2 is 1.54 bits per heavy atom. The molecule has 0 bridgehead atoms. The standard InChI is InChI=1S/C38H47N9O9/c1-20-8-13-26(42-20)34(52)45-29(17-32(39)50)38(56)47-14-4-7-31(47)37(55)44-28(16-22-18-41-25-6-3-2-5-24(22)25)35(53)46-30(19-48)36(54)43-27(33(40)51)15-21-9-11-23(49)12-10-21/h2-3,5-6,9-12,18,26-31,41,48-49H,4,7-8,13-17,19H2,1H3,(H2,39,50)(H2,40,51)(H,43,54)(H,44,55)(H,45,52)(H,46,53). The van der Waals surface area contributed by atoms with Gasteiger partial charge in [-0.25, -0.2) is 0 Å². The van der Waals surface area contributed by atoms with Crippen LogP contribution in [0.2, 0.25) is 0 Å². The summed E-state index contributed by atoms with van der Waals surface area (Å²) in [6, 6.07) is 5.87. The molecule has 0 saturated carbocycles. The van der Waals surface area contributed by atoms with Crippen molar-refractivity contribution < 1.29 is 43.8 Å². The van der Waals surface area contributed by atoms with Gasteiger partial charge in [0, 0.05) is 42.2 Å². The van der Waals surface area contributed by atoms with Crippen LogP contribution in [0.5, 0.6) is 5.75 Å². The van der Waals surface area contributed by atoms with Gasteiger partial charge in [0.1, 0.15) is 42.0 Å². The average molecular weight is 774 g/mol. The van der Waals surface area contributed by atoms with Gasteiger partial charge < -0.3 is 52.8 Å². The highest BCUT2D eigenvalue weighted by Gasteiger charge is 2.40. The van der Waals surface area contributed by atoms with Crippen molar-refractivity contribution in [2.24, 2.45) is 16.5 Å². The molecule has 18 heteroatoms. The van der Waals surface area contributed by atoms with E-state index in [0.29, 0.717) is 30.4 Å². The molecule has 1 fully saturated rings.